The maximum Gasteiger partial charge on any atom is 0.243 e. The first-order chi connectivity index (χ1) is 11.0. The summed E-state index contributed by atoms with van der Waals surface area (Å²) in [7, 11) is 1.74. The number of carbonyl (C=O) groups is 1. The summed E-state index contributed by atoms with van der Waals surface area (Å²) in [5.41, 5.74) is 9.22. The molecule has 0 saturated carbocycles. The molecule has 1 unspecified atom stereocenters. The summed E-state index contributed by atoms with van der Waals surface area (Å²) in [6.07, 6.45) is 0. The highest BCUT2D eigenvalue weighted by atomic mass is 16.5. The summed E-state index contributed by atoms with van der Waals surface area (Å²) < 4.78 is 5.65. The van der Waals surface area contributed by atoms with Crippen LogP contribution in [0.15, 0.2) is 48.5 Å². The Labute approximate surface area is 137 Å². The summed E-state index contributed by atoms with van der Waals surface area (Å²) in [5, 5.41) is 0. The minimum absolute atomic E-state index is 0.110. The van der Waals surface area contributed by atoms with Crippen molar-refractivity contribution >= 4 is 5.91 Å². The maximum absolute atomic E-state index is 12.4. The van der Waals surface area contributed by atoms with Crippen molar-refractivity contribution in [1.29, 1.82) is 0 Å². The number of benzene rings is 2. The lowest BCUT2D eigenvalue weighted by Crippen LogP contribution is -2.38. The number of ether oxygens (including phenoxy) is 1. The zero-order valence-electron chi connectivity index (χ0n) is 14.0. The summed E-state index contributed by atoms with van der Waals surface area (Å²) >= 11 is 0. The largest absolute Gasteiger partial charge is 0.492 e. The van der Waals surface area contributed by atoms with Crippen LogP contribution in [0.3, 0.4) is 0 Å². The first-order valence-corrected chi connectivity index (χ1v) is 7.74. The second-order valence-corrected chi connectivity index (χ2v) is 5.81. The number of rotatable bonds is 6. The Hall–Kier alpha value is -2.33. The molecule has 0 saturated heterocycles. The van der Waals surface area contributed by atoms with E-state index in [0.29, 0.717) is 13.2 Å². The number of aryl methyl sites for hydroxylation is 2. The highest BCUT2D eigenvalue weighted by molar-refractivity contribution is 5.82. The molecule has 0 radical (unpaired) electrons. The molecule has 4 heteroatoms. The number of nitrogens with zero attached hydrogens (tertiary/aromatic N) is 1. The van der Waals surface area contributed by atoms with Gasteiger partial charge in [-0.25, -0.2) is 0 Å². The van der Waals surface area contributed by atoms with Gasteiger partial charge in [0.15, 0.2) is 0 Å². The minimum atomic E-state index is -0.639. The average molecular weight is 312 g/mol. The van der Waals surface area contributed by atoms with Crippen LogP contribution in [-0.4, -0.2) is 31.0 Å². The van der Waals surface area contributed by atoms with Gasteiger partial charge in [0.05, 0.1) is 6.54 Å². The lowest BCUT2D eigenvalue weighted by atomic mass is 10.1. The molecule has 1 atom stereocenters. The van der Waals surface area contributed by atoms with E-state index < -0.39 is 6.04 Å². The van der Waals surface area contributed by atoms with Crippen molar-refractivity contribution in [3.8, 4) is 5.75 Å². The van der Waals surface area contributed by atoms with Crippen molar-refractivity contribution in [3.63, 3.8) is 0 Å². The van der Waals surface area contributed by atoms with E-state index >= 15 is 0 Å². The minimum Gasteiger partial charge on any atom is -0.492 e. The highest BCUT2D eigenvalue weighted by Crippen LogP contribution is 2.14. The van der Waals surface area contributed by atoms with Gasteiger partial charge in [0.1, 0.15) is 18.4 Å². The molecule has 0 aliphatic rings. The van der Waals surface area contributed by atoms with Crippen LogP contribution in [0.1, 0.15) is 22.7 Å². The van der Waals surface area contributed by atoms with Crippen molar-refractivity contribution < 1.29 is 9.53 Å². The van der Waals surface area contributed by atoms with Crippen LogP contribution in [0, 0.1) is 13.8 Å². The SMILES string of the molecule is Cc1ccc(OCCN(C)C(=O)C(N)c2ccc(C)cc2)cc1. The molecule has 0 spiro atoms. The topological polar surface area (TPSA) is 55.6 Å². The Balaban J connectivity index is 1.84. The van der Waals surface area contributed by atoms with Gasteiger partial charge >= 0.3 is 0 Å². The molecule has 23 heavy (non-hydrogen) atoms. The molecule has 0 fully saturated rings. The van der Waals surface area contributed by atoms with Gasteiger partial charge in [0.2, 0.25) is 5.91 Å². The van der Waals surface area contributed by atoms with E-state index in [1.165, 1.54) is 5.56 Å². The molecular formula is C19H24N2O2. The zero-order chi connectivity index (χ0) is 16.8. The van der Waals surface area contributed by atoms with E-state index in [1.807, 2.05) is 62.4 Å². The first-order valence-electron chi connectivity index (χ1n) is 7.74. The van der Waals surface area contributed by atoms with E-state index in [4.69, 9.17) is 10.5 Å². The second-order valence-electron chi connectivity index (χ2n) is 5.81. The van der Waals surface area contributed by atoms with Crippen LogP contribution in [-0.2, 0) is 4.79 Å². The summed E-state index contributed by atoms with van der Waals surface area (Å²) in [6.45, 7) is 4.96. The van der Waals surface area contributed by atoms with Crippen molar-refractivity contribution in [2.24, 2.45) is 5.73 Å². The molecule has 0 aromatic heterocycles. The Morgan fingerprint density at radius 1 is 1.04 bits per heavy atom. The summed E-state index contributed by atoms with van der Waals surface area (Å²) in [6, 6.07) is 14.9. The van der Waals surface area contributed by atoms with E-state index in [9.17, 15) is 4.79 Å². The molecule has 2 aromatic rings. The molecule has 2 aromatic carbocycles. The number of nitrogens with two attached hydrogens (primary N) is 1. The molecule has 2 rings (SSSR count). The molecule has 0 heterocycles. The molecule has 0 aliphatic carbocycles. The predicted molar refractivity (Wildman–Crippen MR) is 92.4 cm³/mol. The maximum atomic E-state index is 12.4. The van der Waals surface area contributed by atoms with Crippen LogP contribution in [0.4, 0.5) is 0 Å². The third-order valence-electron chi connectivity index (χ3n) is 3.80. The zero-order valence-corrected chi connectivity index (χ0v) is 14.0. The molecule has 1 amide bonds. The lowest BCUT2D eigenvalue weighted by molar-refractivity contribution is -0.131. The van der Waals surface area contributed by atoms with Crippen molar-refractivity contribution in [1.82, 2.24) is 4.90 Å². The van der Waals surface area contributed by atoms with Crippen LogP contribution in [0.25, 0.3) is 0 Å². The number of carbonyl (C=O) groups excluding carboxylic acids is 1. The first kappa shape index (κ1) is 17.0. The van der Waals surface area contributed by atoms with Gasteiger partial charge < -0.3 is 15.4 Å². The van der Waals surface area contributed by atoms with Gasteiger partial charge in [-0.05, 0) is 31.5 Å². The fourth-order valence-electron chi connectivity index (χ4n) is 2.20. The third-order valence-corrected chi connectivity index (χ3v) is 3.80. The predicted octanol–water partition coefficient (Wildman–Crippen LogP) is 2.84. The molecular weight excluding hydrogens is 288 g/mol. The quantitative estimate of drug-likeness (QED) is 0.892. The fourth-order valence-corrected chi connectivity index (χ4v) is 2.20. The summed E-state index contributed by atoms with van der Waals surface area (Å²) in [5.74, 6) is 0.695. The monoisotopic (exact) mass is 312 g/mol. The van der Waals surface area contributed by atoms with Crippen molar-refractivity contribution in [2.75, 3.05) is 20.2 Å². The van der Waals surface area contributed by atoms with Crippen LogP contribution < -0.4 is 10.5 Å². The Morgan fingerprint density at radius 2 is 1.57 bits per heavy atom. The molecule has 4 nitrogen and oxygen atoms in total. The van der Waals surface area contributed by atoms with Crippen LogP contribution >= 0.6 is 0 Å². The Morgan fingerprint density at radius 3 is 2.13 bits per heavy atom. The van der Waals surface area contributed by atoms with Gasteiger partial charge in [-0.15, -0.1) is 0 Å². The molecule has 122 valence electrons. The van der Waals surface area contributed by atoms with Crippen molar-refractivity contribution in [3.05, 3.63) is 65.2 Å². The third kappa shape index (κ3) is 4.83. The van der Waals surface area contributed by atoms with Crippen molar-refractivity contribution in [2.45, 2.75) is 19.9 Å². The second kappa shape index (κ2) is 7.79. The molecule has 0 bridgehead atoms. The number of hydrogen-bond acceptors (Lipinski definition) is 3. The van der Waals surface area contributed by atoms with E-state index in [0.717, 1.165) is 16.9 Å². The highest BCUT2D eigenvalue weighted by Gasteiger charge is 2.19. The van der Waals surface area contributed by atoms with Gasteiger partial charge in [0, 0.05) is 7.05 Å². The summed E-state index contributed by atoms with van der Waals surface area (Å²) in [4.78, 5) is 14.0. The van der Waals surface area contributed by atoms with Gasteiger partial charge in [-0.3, -0.25) is 4.79 Å². The number of hydrogen-bond donors (Lipinski definition) is 1. The average Bonchev–Trinajstić information content (AvgIpc) is 2.56. The van der Waals surface area contributed by atoms with Gasteiger partial charge in [-0.2, -0.15) is 0 Å². The van der Waals surface area contributed by atoms with Gasteiger partial charge in [-0.1, -0.05) is 47.5 Å². The Bertz CT molecular complexity index is 635. The van der Waals surface area contributed by atoms with Crippen LogP contribution in [0.5, 0.6) is 5.75 Å². The van der Waals surface area contributed by atoms with E-state index in [2.05, 4.69) is 0 Å². The lowest BCUT2D eigenvalue weighted by Gasteiger charge is -2.21. The van der Waals surface area contributed by atoms with E-state index in [-0.39, 0.29) is 5.91 Å². The standard InChI is InChI=1S/C19H24N2O2/c1-14-4-8-16(9-5-14)18(20)19(22)21(3)12-13-23-17-10-6-15(2)7-11-17/h4-11,18H,12-13,20H2,1-3H3. The van der Waals surface area contributed by atoms with E-state index in [1.54, 1.807) is 11.9 Å². The molecule has 0 aliphatic heterocycles. The normalized spacial score (nSPS) is 11.8. The molecule has 2 N–H and O–H groups in total. The van der Waals surface area contributed by atoms with Crippen LogP contribution in [0.2, 0.25) is 0 Å². The number of likely N-dealkylation sites (N-methyl/N-ethyl adjacent to an activating group) is 1. The number of amides is 1. The Kier molecular flexibility index (Phi) is 5.77. The smallest absolute Gasteiger partial charge is 0.243 e. The fraction of sp³-hybridized carbons (Fsp3) is 0.316. The van der Waals surface area contributed by atoms with Gasteiger partial charge in [0.25, 0.3) is 0 Å².